The first kappa shape index (κ1) is 26.2. The molecule has 0 spiro atoms. The Hall–Kier alpha value is -3.43. The van der Waals surface area contributed by atoms with Crippen molar-refractivity contribution in [1.82, 2.24) is 4.90 Å². The van der Waals surface area contributed by atoms with Crippen LogP contribution in [-0.4, -0.2) is 24.1 Å². The maximum atomic E-state index is 13.7. The predicted molar refractivity (Wildman–Crippen MR) is 117 cm³/mol. The van der Waals surface area contributed by atoms with Gasteiger partial charge in [-0.25, -0.2) is 4.39 Å². The Bertz CT molecular complexity index is 1150. The molecule has 1 amide bonds. The minimum Gasteiger partial charge on any atom is -0.341 e. The van der Waals surface area contributed by atoms with E-state index in [2.05, 4.69) is 4.99 Å². The van der Waals surface area contributed by atoms with Crippen molar-refractivity contribution >= 4 is 12.1 Å². The first-order valence-electron chi connectivity index (χ1n) is 10.4. The summed E-state index contributed by atoms with van der Waals surface area (Å²) >= 11 is 0. The standard InChI is InChI=1S/C25H21F7N2O/c1-16-10-20(26)4-5-21(16)23(6-3-8-33-9-7-23)14-22(35)34(2)15-17-11-18(24(27,28)29)13-19(12-17)25(30,31)32/h3-13H,14-15H2,1-2H3. The van der Waals surface area contributed by atoms with Crippen molar-refractivity contribution in [3.63, 3.8) is 0 Å². The molecule has 1 aliphatic rings. The van der Waals surface area contributed by atoms with Gasteiger partial charge in [-0.1, -0.05) is 18.2 Å². The molecule has 0 aromatic heterocycles. The molecular formula is C25H21F7N2O. The average molecular weight is 498 g/mol. The Morgan fingerprint density at radius 3 is 2.17 bits per heavy atom. The lowest BCUT2D eigenvalue weighted by atomic mass is 9.75. The average Bonchev–Trinajstić information content (AvgIpc) is 2.98. The topological polar surface area (TPSA) is 32.7 Å². The van der Waals surface area contributed by atoms with Crippen molar-refractivity contribution in [2.45, 2.75) is 37.7 Å². The molecule has 0 bridgehead atoms. The van der Waals surface area contributed by atoms with E-state index in [9.17, 15) is 35.5 Å². The predicted octanol–water partition coefficient (Wildman–Crippen LogP) is 6.61. The van der Waals surface area contributed by atoms with Crippen LogP contribution in [0.2, 0.25) is 0 Å². The SMILES string of the molecule is Cc1cc(F)ccc1C1(CC(=O)N(C)Cc2cc(C(F)(F)F)cc(C(F)(F)F)c2)C=CC=NC=C1. The lowest BCUT2D eigenvalue weighted by Gasteiger charge is -2.31. The van der Waals surface area contributed by atoms with Crippen LogP contribution in [0.1, 0.15) is 34.2 Å². The third-order valence-electron chi connectivity index (χ3n) is 5.65. The number of carbonyl (C=O) groups excluding carboxylic acids is 1. The first-order valence-corrected chi connectivity index (χ1v) is 10.4. The van der Waals surface area contributed by atoms with Crippen molar-refractivity contribution in [1.29, 1.82) is 0 Å². The minimum absolute atomic E-state index is 0.0404. The van der Waals surface area contributed by atoms with E-state index in [1.807, 2.05) is 0 Å². The highest BCUT2D eigenvalue weighted by Gasteiger charge is 2.37. The van der Waals surface area contributed by atoms with Gasteiger partial charge in [-0.15, -0.1) is 0 Å². The second-order valence-electron chi connectivity index (χ2n) is 8.31. The van der Waals surface area contributed by atoms with Gasteiger partial charge in [0.05, 0.1) is 11.1 Å². The van der Waals surface area contributed by atoms with Gasteiger partial charge < -0.3 is 4.90 Å². The van der Waals surface area contributed by atoms with E-state index in [4.69, 9.17) is 0 Å². The first-order chi connectivity index (χ1) is 16.2. The lowest BCUT2D eigenvalue weighted by Crippen LogP contribution is -2.34. The molecule has 1 heterocycles. The van der Waals surface area contributed by atoms with E-state index < -0.39 is 47.2 Å². The van der Waals surface area contributed by atoms with Gasteiger partial charge in [0.25, 0.3) is 0 Å². The third-order valence-corrected chi connectivity index (χ3v) is 5.65. The Labute approximate surface area is 197 Å². The van der Waals surface area contributed by atoms with Crippen molar-refractivity contribution in [3.8, 4) is 0 Å². The zero-order valence-electron chi connectivity index (χ0n) is 18.7. The molecule has 0 fully saturated rings. The number of nitrogens with zero attached hydrogens (tertiary/aromatic N) is 2. The van der Waals surface area contributed by atoms with E-state index in [1.54, 1.807) is 25.2 Å². The summed E-state index contributed by atoms with van der Waals surface area (Å²) in [6, 6.07) is 5.31. The van der Waals surface area contributed by atoms with E-state index in [-0.39, 0.29) is 18.1 Å². The fourth-order valence-corrected chi connectivity index (χ4v) is 3.95. The van der Waals surface area contributed by atoms with Gasteiger partial charge in [0, 0.05) is 37.8 Å². The molecule has 0 saturated carbocycles. The van der Waals surface area contributed by atoms with Crippen LogP contribution in [0.15, 0.2) is 65.8 Å². The molecule has 1 aliphatic heterocycles. The number of allylic oxidation sites excluding steroid dienone is 3. The zero-order chi connectivity index (χ0) is 26.0. The number of rotatable bonds is 5. The molecule has 2 aromatic carbocycles. The highest BCUT2D eigenvalue weighted by molar-refractivity contribution is 5.80. The molecule has 35 heavy (non-hydrogen) atoms. The molecule has 3 rings (SSSR count). The number of amides is 1. The van der Waals surface area contributed by atoms with E-state index in [0.29, 0.717) is 23.3 Å². The number of aliphatic imine (C=N–C) groups is 1. The summed E-state index contributed by atoms with van der Waals surface area (Å²) in [6.07, 6.45) is -2.28. The fourth-order valence-electron chi connectivity index (χ4n) is 3.95. The van der Waals surface area contributed by atoms with Crippen LogP contribution in [-0.2, 0) is 29.1 Å². The van der Waals surface area contributed by atoms with Gasteiger partial charge in [-0.3, -0.25) is 9.79 Å². The van der Waals surface area contributed by atoms with Gasteiger partial charge in [-0.05, 0) is 60.0 Å². The summed E-state index contributed by atoms with van der Waals surface area (Å²) in [4.78, 5) is 18.2. The normalized spacial score (nSPS) is 18.0. The summed E-state index contributed by atoms with van der Waals surface area (Å²) in [7, 11) is 1.29. The second kappa shape index (κ2) is 9.67. The molecular weight excluding hydrogens is 477 g/mol. The summed E-state index contributed by atoms with van der Waals surface area (Å²) in [5.74, 6) is -1.01. The number of carbonyl (C=O) groups is 1. The molecule has 1 unspecified atom stereocenters. The van der Waals surface area contributed by atoms with Crippen LogP contribution >= 0.6 is 0 Å². The number of hydrogen-bond acceptors (Lipinski definition) is 2. The largest absolute Gasteiger partial charge is 0.416 e. The molecule has 0 radical (unpaired) electrons. The Morgan fingerprint density at radius 1 is 0.971 bits per heavy atom. The smallest absolute Gasteiger partial charge is 0.341 e. The second-order valence-corrected chi connectivity index (χ2v) is 8.31. The molecule has 0 N–H and O–H groups in total. The number of benzene rings is 2. The van der Waals surface area contributed by atoms with E-state index in [1.165, 1.54) is 37.7 Å². The summed E-state index contributed by atoms with van der Waals surface area (Å²) in [5, 5.41) is 0. The monoisotopic (exact) mass is 498 g/mol. The van der Waals surface area contributed by atoms with Crippen molar-refractivity contribution in [2.24, 2.45) is 4.99 Å². The van der Waals surface area contributed by atoms with Crippen LogP contribution in [0.25, 0.3) is 0 Å². The Morgan fingerprint density at radius 2 is 1.60 bits per heavy atom. The van der Waals surface area contributed by atoms with Crippen LogP contribution in [0.3, 0.4) is 0 Å². The van der Waals surface area contributed by atoms with Crippen LogP contribution in [0.5, 0.6) is 0 Å². The fraction of sp³-hybridized carbons (Fsp3) is 0.280. The molecule has 0 aliphatic carbocycles. The molecule has 1 atom stereocenters. The quantitative estimate of drug-likeness (QED) is 0.427. The molecule has 10 heteroatoms. The maximum Gasteiger partial charge on any atom is 0.416 e. The van der Waals surface area contributed by atoms with Gasteiger partial charge in [0.1, 0.15) is 5.82 Å². The number of hydrogen-bond donors (Lipinski definition) is 0. The van der Waals surface area contributed by atoms with Crippen molar-refractivity contribution in [3.05, 3.63) is 94.5 Å². The molecule has 2 aromatic rings. The zero-order valence-corrected chi connectivity index (χ0v) is 18.7. The lowest BCUT2D eigenvalue weighted by molar-refractivity contribution is -0.143. The van der Waals surface area contributed by atoms with Gasteiger partial charge in [0.15, 0.2) is 0 Å². The van der Waals surface area contributed by atoms with Gasteiger partial charge in [0.2, 0.25) is 5.91 Å². The maximum absolute atomic E-state index is 13.7. The molecule has 3 nitrogen and oxygen atoms in total. The van der Waals surface area contributed by atoms with Gasteiger partial charge >= 0.3 is 12.4 Å². The van der Waals surface area contributed by atoms with E-state index in [0.717, 1.165) is 4.90 Å². The Kier molecular flexibility index (Phi) is 7.23. The summed E-state index contributed by atoms with van der Waals surface area (Å²) in [6.45, 7) is 1.19. The highest BCUT2D eigenvalue weighted by atomic mass is 19.4. The van der Waals surface area contributed by atoms with Gasteiger partial charge in [-0.2, -0.15) is 26.3 Å². The number of aryl methyl sites for hydroxylation is 1. The number of alkyl halides is 6. The summed E-state index contributed by atoms with van der Waals surface area (Å²) < 4.78 is 92.8. The van der Waals surface area contributed by atoms with E-state index >= 15 is 0 Å². The molecule has 186 valence electrons. The Balaban J connectivity index is 1.93. The van der Waals surface area contributed by atoms with Crippen LogP contribution in [0, 0.1) is 12.7 Å². The number of halogens is 7. The third kappa shape index (κ3) is 6.17. The van der Waals surface area contributed by atoms with Crippen molar-refractivity contribution < 1.29 is 35.5 Å². The van der Waals surface area contributed by atoms with Crippen LogP contribution in [0.4, 0.5) is 30.7 Å². The van der Waals surface area contributed by atoms with Crippen molar-refractivity contribution in [2.75, 3.05) is 7.05 Å². The highest BCUT2D eigenvalue weighted by Crippen LogP contribution is 2.38. The van der Waals surface area contributed by atoms with Crippen LogP contribution < -0.4 is 0 Å². The molecule has 0 saturated heterocycles. The summed E-state index contributed by atoms with van der Waals surface area (Å²) in [5.41, 5.74) is -3.10. The minimum atomic E-state index is -4.99.